The monoisotopic (exact) mass is 229 g/mol. The normalized spacial score (nSPS) is 24.4. The van der Waals surface area contributed by atoms with Crippen molar-refractivity contribution in [3.05, 3.63) is 0 Å². The van der Waals surface area contributed by atoms with Crippen molar-refractivity contribution in [2.45, 2.75) is 31.4 Å². The zero-order valence-corrected chi connectivity index (χ0v) is 10.4. The molecule has 0 radical (unpaired) electrons. The smallest absolute Gasteiger partial charge is 0.237 e. The first-order valence-electron chi connectivity index (χ1n) is 5.79. The number of carbonyl (C=O) groups is 1. The molecular formula is C11H23N3O2. The van der Waals surface area contributed by atoms with Gasteiger partial charge in [0.2, 0.25) is 5.91 Å². The Morgan fingerprint density at radius 3 is 2.81 bits per heavy atom. The number of likely N-dealkylation sites (N-methyl/N-ethyl adjacent to an activating group) is 1. The Hall–Kier alpha value is -0.650. The number of amides is 1. The van der Waals surface area contributed by atoms with E-state index in [0.717, 1.165) is 19.4 Å². The van der Waals surface area contributed by atoms with Crippen molar-refractivity contribution < 1.29 is 9.90 Å². The highest BCUT2D eigenvalue weighted by atomic mass is 16.3. The van der Waals surface area contributed by atoms with Crippen LogP contribution < -0.4 is 10.6 Å². The zero-order chi connectivity index (χ0) is 12.2. The lowest BCUT2D eigenvalue weighted by Gasteiger charge is -2.27. The second-order valence-corrected chi connectivity index (χ2v) is 5.10. The maximum absolute atomic E-state index is 11.7. The third kappa shape index (κ3) is 4.47. The molecule has 1 fully saturated rings. The first kappa shape index (κ1) is 13.4. The SMILES string of the molecule is CN(C)CC(C)(O)CNC(=O)[C@H]1CCCN1. The van der Waals surface area contributed by atoms with E-state index in [4.69, 9.17) is 0 Å². The fourth-order valence-corrected chi connectivity index (χ4v) is 2.05. The average molecular weight is 229 g/mol. The van der Waals surface area contributed by atoms with Crippen LogP contribution in [0.2, 0.25) is 0 Å². The summed E-state index contributed by atoms with van der Waals surface area (Å²) in [5.41, 5.74) is -0.877. The highest BCUT2D eigenvalue weighted by Gasteiger charge is 2.26. The highest BCUT2D eigenvalue weighted by molar-refractivity contribution is 5.82. The molecule has 0 aromatic rings. The molecule has 2 atom stereocenters. The topological polar surface area (TPSA) is 64.6 Å². The van der Waals surface area contributed by atoms with Gasteiger partial charge in [0.25, 0.3) is 0 Å². The van der Waals surface area contributed by atoms with Crippen LogP contribution in [0.25, 0.3) is 0 Å². The van der Waals surface area contributed by atoms with Crippen LogP contribution in [0.1, 0.15) is 19.8 Å². The Balaban J connectivity index is 2.29. The minimum Gasteiger partial charge on any atom is -0.387 e. The van der Waals surface area contributed by atoms with Gasteiger partial charge in [-0.05, 0) is 40.4 Å². The van der Waals surface area contributed by atoms with Gasteiger partial charge in [0, 0.05) is 13.1 Å². The van der Waals surface area contributed by atoms with Crippen LogP contribution in [-0.4, -0.2) is 61.3 Å². The molecule has 1 aliphatic rings. The van der Waals surface area contributed by atoms with E-state index < -0.39 is 5.60 Å². The number of carbonyl (C=O) groups excluding carboxylic acids is 1. The van der Waals surface area contributed by atoms with Gasteiger partial charge >= 0.3 is 0 Å². The molecule has 0 bridgehead atoms. The molecule has 0 aromatic heterocycles. The summed E-state index contributed by atoms with van der Waals surface area (Å²) >= 11 is 0. The Kier molecular flexibility index (Phi) is 4.70. The molecule has 16 heavy (non-hydrogen) atoms. The van der Waals surface area contributed by atoms with Crippen molar-refractivity contribution in [2.75, 3.05) is 33.7 Å². The standard InChI is InChI=1S/C11H23N3O2/c1-11(16,8-14(2)3)7-13-10(15)9-5-4-6-12-9/h9,12,16H,4-8H2,1-3H3,(H,13,15)/t9-,11?/m1/s1. The number of nitrogens with one attached hydrogen (secondary N) is 2. The molecule has 0 aromatic carbocycles. The van der Waals surface area contributed by atoms with E-state index in [2.05, 4.69) is 10.6 Å². The van der Waals surface area contributed by atoms with Crippen LogP contribution in [-0.2, 0) is 4.79 Å². The number of aliphatic hydroxyl groups is 1. The summed E-state index contributed by atoms with van der Waals surface area (Å²) in [7, 11) is 3.80. The third-order valence-electron chi connectivity index (χ3n) is 2.68. The second kappa shape index (κ2) is 5.61. The zero-order valence-electron chi connectivity index (χ0n) is 10.4. The molecule has 94 valence electrons. The Morgan fingerprint density at radius 2 is 2.31 bits per heavy atom. The van der Waals surface area contributed by atoms with Crippen LogP contribution in [0, 0.1) is 0 Å². The number of nitrogens with zero attached hydrogens (tertiary/aromatic N) is 1. The van der Waals surface area contributed by atoms with E-state index in [9.17, 15) is 9.90 Å². The lowest BCUT2D eigenvalue weighted by Crippen LogP contribution is -2.50. The molecule has 1 aliphatic heterocycles. The van der Waals surface area contributed by atoms with E-state index in [1.165, 1.54) is 0 Å². The van der Waals surface area contributed by atoms with Gasteiger partial charge < -0.3 is 20.6 Å². The minimum atomic E-state index is -0.877. The summed E-state index contributed by atoms with van der Waals surface area (Å²) in [5.74, 6) is -0.00321. The summed E-state index contributed by atoms with van der Waals surface area (Å²) < 4.78 is 0. The van der Waals surface area contributed by atoms with Crippen molar-refractivity contribution in [2.24, 2.45) is 0 Å². The van der Waals surface area contributed by atoms with Gasteiger partial charge in [-0.3, -0.25) is 4.79 Å². The predicted octanol–water partition coefficient (Wildman–Crippen LogP) is -0.833. The molecule has 1 amide bonds. The van der Waals surface area contributed by atoms with Gasteiger partial charge in [-0.1, -0.05) is 0 Å². The van der Waals surface area contributed by atoms with Crippen LogP contribution in [0.15, 0.2) is 0 Å². The van der Waals surface area contributed by atoms with E-state index in [-0.39, 0.29) is 11.9 Å². The van der Waals surface area contributed by atoms with Crippen molar-refractivity contribution in [3.8, 4) is 0 Å². The second-order valence-electron chi connectivity index (χ2n) is 5.10. The molecule has 1 unspecified atom stereocenters. The third-order valence-corrected chi connectivity index (χ3v) is 2.68. The summed E-state index contributed by atoms with van der Waals surface area (Å²) in [5, 5.41) is 15.9. The number of rotatable bonds is 5. The summed E-state index contributed by atoms with van der Waals surface area (Å²) in [4.78, 5) is 13.6. The van der Waals surface area contributed by atoms with E-state index in [1.807, 2.05) is 19.0 Å². The fourth-order valence-electron chi connectivity index (χ4n) is 2.05. The highest BCUT2D eigenvalue weighted by Crippen LogP contribution is 2.06. The first-order valence-corrected chi connectivity index (χ1v) is 5.79. The maximum Gasteiger partial charge on any atom is 0.237 e. The number of hydrogen-bond donors (Lipinski definition) is 3. The van der Waals surface area contributed by atoms with Gasteiger partial charge in [0.1, 0.15) is 0 Å². The Bertz CT molecular complexity index is 235. The Morgan fingerprint density at radius 1 is 1.62 bits per heavy atom. The molecule has 0 spiro atoms. The van der Waals surface area contributed by atoms with Crippen molar-refractivity contribution >= 4 is 5.91 Å². The van der Waals surface area contributed by atoms with Gasteiger partial charge in [0.05, 0.1) is 11.6 Å². The quantitative estimate of drug-likeness (QED) is 0.575. The van der Waals surface area contributed by atoms with Crippen molar-refractivity contribution in [1.82, 2.24) is 15.5 Å². The van der Waals surface area contributed by atoms with E-state index in [0.29, 0.717) is 13.1 Å². The molecule has 5 nitrogen and oxygen atoms in total. The Labute approximate surface area is 97.2 Å². The van der Waals surface area contributed by atoms with Gasteiger partial charge in [-0.2, -0.15) is 0 Å². The maximum atomic E-state index is 11.7. The molecule has 1 saturated heterocycles. The van der Waals surface area contributed by atoms with Gasteiger partial charge in [0.15, 0.2) is 0 Å². The summed E-state index contributed by atoms with van der Waals surface area (Å²) in [6.07, 6.45) is 1.94. The molecule has 5 heteroatoms. The van der Waals surface area contributed by atoms with E-state index >= 15 is 0 Å². The molecule has 0 saturated carbocycles. The van der Waals surface area contributed by atoms with Crippen LogP contribution in [0.4, 0.5) is 0 Å². The minimum absolute atomic E-state index is 0.00321. The van der Waals surface area contributed by atoms with Crippen LogP contribution in [0.3, 0.4) is 0 Å². The average Bonchev–Trinajstić information content (AvgIpc) is 2.64. The predicted molar refractivity (Wildman–Crippen MR) is 63.2 cm³/mol. The fraction of sp³-hybridized carbons (Fsp3) is 0.909. The molecule has 1 rings (SSSR count). The molecule has 3 N–H and O–H groups in total. The van der Waals surface area contributed by atoms with Crippen molar-refractivity contribution in [3.63, 3.8) is 0 Å². The molecule has 1 heterocycles. The largest absolute Gasteiger partial charge is 0.387 e. The number of hydrogen-bond acceptors (Lipinski definition) is 4. The molecular weight excluding hydrogens is 206 g/mol. The first-order chi connectivity index (χ1) is 7.41. The van der Waals surface area contributed by atoms with Crippen molar-refractivity contribution in [1.29, 1.82) is 0 Å². The van der Waals surface area contributed by atoms with Gasteiger partial charge in [-0.25, -0.2) is 0 Å². The molecule has 0 aliphatic carbocycles. The lowest BCUT2D eigenvalue weighted by molar-refractivity contribution is -0.124. The van der Waals surface area contributed by atoms with Crippen LogP contribution in [0.5, 0.6) is 0 Å². The summed E-state index contributed by atoms with van der Waals surface area (Å²) in [6.45, 7) is 3.47. The van der Waals surface area contributed by atoms with Gasteiger partial charge in [-0.15, -0.1) is 0 Å². The summed E-state index contributed by atoms with van der Waals surface area (Å²) in [6, 6.07) is -0.0739. The lowest BCUT2D eigenvalue weighted by atomic mass is 10.1. The van der Waals surface area contributed by atoms with E-state index in [1.54, 1.807) is 6.92 Å². The van der Waals surface area contributed by atoms with Crippen LogP contribution >= 0.6 is 0 Å².